The molecule has 3 N–H and O–H groups in total. The van der Waals surface area contributed by atoms with E-state index in [4.69, 9.17) is 16.3 Å². The molecule has 3 nitrogen and oxygen atoms in total. The van der Waals surface area contributed by atoms with Crippen molar-refractivity contribution in [2.75, 3.05) is 13.2 Å². The number of hydrogen-bond donors (Lipinski definition) is 2. The highest BCUT2D eigenvalue weighted by Gasteiger charge is 2.63. The van der Waals surface area contributed by atoms with E-state index in [9.17, 15) is 5.11 Å². The van der Waals surface area contributed by atoms with Crippen LogP contribution in [0.25, 0.3) is 0 Å². The maximum absolute atomic E-state index is 10.2. The molecule has 0 radical (unpaired) electrons. The molecular weight excluding hydrogens is 322 g/mol. The highest BCUT2D eigenvalue weighted by molar-refractivity contribution is 6.30. The van der Waals surface area contributed by atoms with Gasteiger partial charge in [-0.3, -0.25) is 0 Å². The summed E-state index contributed by atoms with van der Waals surface area (Å²) in [5.41, 5.74) is 1.92. The number of aliphatic hydroxyl groups excluding tert-OH is 1. The van der Waals surface area contributed by atoms with Crippen molar-refractivity contribution in [1.29, 1.82) is 0 Å². The van der Waals surface area contributed by atoms with Crippen LogP contribution in [0.1, 0.15) is 45.6 Å². The normalized spacial score (nSPS) is 32.2. The van der Waals surface area contributed by atoms with Crippen LogP contribution in [-0.4, -0.2) is 30.4 Å². The van der Waals surface area contributed by atoms with E-state index in [0.717, 1.165) is 23.0 Å². The minimum Gasteiger partial charge on any atom is -0.385 e. The van der Waals surface area contributed by atoms with E-state index >= 15 is 0 Å². The molecule has 0 aliphatic heterocycles. The lowest BCUT2D eigenvalue weighted by molar-refractivity contribution is -0.707. The fourth-order valence-corrected chi connectivity index (χ4v) is 5.03. The Morgan fingerprint density at radius 2 is 2.00 bits per heavy atom. The van der Waals surface area contributed by atoms with Gasteiger partial charge in [-0.05, 0) is 41.9 Å². The predicted molar refractivity (Wildman–Crippen MR) is 96.9 cm³/mol. The second kappa shape index (κ2) is 6.95. The minimum atomic E-state index is -0.414. The average Bonchev–Trinajstić information content (AvgIpc) is 2.88. The van der Waals surface area contributed by atoms with Crippen LogP contribution in [-0.2, 0) is 11.3 Å². The number of rotatable bonds is 7. The molecule has 2 fully saturated rings. The number of quaternary nitrogens is 1. The van der Waals surface area contributed by atoms with Gasteiger partial charge in [-0.2, -0.15) is 0 Å². The summed E-state index contributed by atoms with van der Waals surface area (Å²) in [5, 5.41) is 13.3. The van der Waals surface area contributed by atoms with E-state index in [-0.39, 0.29) is 0 Å². The molecule has 24 heavy (non-hydrogen) atoms. The van der Waals surface area contributed by atoms with Gasteiger partial charge < -0.3 is 15.2 Å². The number of halogens is 1. The predicted octanol–water partition coefficient (Wildman–Crippen LogP) is 3.00. The van der Waals surface area contributed by atoms with Crippen LogP contribution >= 0.6 is 11.6 Å². The molecule has 1 aromatic rings. The van der Waals surface area contributed by atoms with Crippen LogP contribution in [0.4, 0.5) is 0 Å². The molecule has 2 aliphatic rings. The van der Waals surface area contributed by atoms with Gasteiger partial charge in [-0.15, -0.1) is 0 Å². The quantitative estimate of drug-likeness (QED) is 0.792. The Bertz CT molecular complexity index is 559. The number of aliphatic hydroxyl groups is 1. The maximum atomic E-state index is 10.2. The smallest absolute Gasteiger partial charge is 0.126 e. The highest BCUT2D eigenvalue weighted by Crippen LogP contribution is 2.64. The van der Waals surface area contributed by atoms with Crippen molar-refractivity contribution in [2.45, 2.75) is 58.8 Å². The van der Waals surface area contributed by atoms with Gasteiger partial charge in [0.2, 0.25) is 0 Å². The average molecular weight is 353 g/mol. The first-order valence-corrected chi connectivity index (χ1v) is 9.54. The summed E-state index contributed by atoms with van der Waals surface area (Å²) < 4.78 is 5.65. The second-order valence-electron chi connectivity index (χ2n) is 8.48. The van der Waals surface area contributed by atoms with Crippen LogP contribution in [0.15, 0.2) is 24.3 Å². The lowest BCUT2D eigenvalue weighted by atomic mass is 9.69. The van der Waals surface area contributed by atoms with Crippen molar-refractivity contribution in [2.24, 2.45) is 16.7 Å². The molecule has 2 bridgehead atoms. The van der Waals surface area contributed by atoms with E-state index in [1.165, 1.54) is 19.3 Å². The third-order valence-electron chi connectivity index (χ3n) is 7.05. The molecule has 3 rings (SSSR count). The van der Waals surface area contributed by atoms with E-state index in [1.54, 1.807) is 0 Å². The summed E-state index contributed by atoms with van der Waals surface area (Å²) in [6.07, 6.45) is 3.58. The first-order valence-electron chi connectivity index (χ1n) is 9.16. The zero-order valence-electron chi connectivity index (χ0n) is 15.1. The maximum Gasteiger partial charge on any atom is 0.126 e. The van der Waals surface area contributed by atoms with Crippen LogP contribution in [0, 0.1) is 16.7 Å². The van der Waals surface area contributed by atoms with Crippen molar-refractivity contribution in [3.8, 4) is 0 Å². The lowest BCUT2D eigenvalue weighted by Gasteiger charge is -2.37. The number of ether oxygens (including phenoxy) is 1. The molecule has 0 spiro atoms. The Morgan fingerprint density at radius 3 is 2.58 bits per heavy atom. The van der Waals surface area contributed by atoms with Gasteiger partial charge in [0.05, 0.1) is 19.3 Å². The minimum absolute atomic E-state index is 0.384. The van der Waals surface area contributed by atoms with Crippen molar-refractivity contribution in [3.63, 3.8) is 0 Å². The van der Waals surface area contributed by atoms with Crippen LogP contribution in [0.3, 0.4) is 0 Å². The van der Waals surface area contributed by atoms with Crippen molar-refractivity contribution in [1.82, 2.24) is 0 Å². The molecule has 0 amide bonds. The molecular formula is C20H31ClNO2+. The van der Waals surface area contributed by atoms with Crippen LogP contribution in [0.5, 0.6) is 0 Å². The van der Waals surface area contributed by atoms with Gasteiger partial charge in [-0.25, -0.2) is 0 Å². The standard InChI is InChI=1S/C20H30ClNO2/c1-19(2)15-8-9-20(19,3)18(10-15)22-11-17(23)13-24-12-14-4-6-16(21)7-5-14/h4-7,15,17-18,22-23H,8-13H2,1-3H3/p+1/t15-,17+,18-,20+/m1/s1. The molecule has 0 saturated heterocycles. The molecule has 0 unspecified atom stereocenters. The molecule has 1 aromatic carbocycles. The van der Waals surface area contributed by atoms with Crippen molar-refractivity contribution >= 4 is 11.6 Å². The van der Waals surface area contributed by atoms with E-state index < -0.39 is 6.10 Å². The summed E-state index contributed by atoms with van der Waals surface area (Å²) >= 11 is 5.87. The zero-order chi connectivity index (χ0) is 17.4. The summed E-state index contributed by atoms with van der Waals surface area (Å²) in [6, 6.07) is 8.28. The fraction of sp³-hybridized carbons (Fsp3) is 0.700. The second-order valence-corrected chi connectivity index (χ2v) is 8.92. The Kier molecular flexibility index (Phi) is 5.27. The molecule has 2 aliphatic carbocycles. The number of benzene rings is 1. The first-order chi connectivity index (χ1) is 11.3. The zero-order valence-corrected chi connectivity index (χ0v) is 15.9. The van der Waals surface area contributed by atoms with Crippen molar-refractivity contribution in [3.05, 3.63) is 34.9 Å². The van der Waals surface area contributed by atoms with E-state index in [2.05, 4.69) is 26.1 Å². The summed E-state index contributed by atoms with van der Waals surface area (Å²) in [5.74, 6) is 0.849. The van der Waals surface area contributed by atoms with E-state index in [0.29, 0.717) is 30.1 Å². The van der Waals surface area contributed by atoms with Crippen molar-refractivity contribution < 1.29 is 15.2 Å². The number of fused-ring (bicyclic) bond motifs is 2. The molecule has 134 valence electrons. The summed E-state index contributed by atoms with van der Waals surface area (Å²) in [4.78, 5) is 0. The molecule has 4 atom stereocenters. The Hall–Kier alpha value is -0.610. The third-order valence-corrected chi connectivity index (χ3v) is 7.30. The van der Waals surface area contributed by atoms with Gasteiger partial charge >= 0.3 is 0 Å². The lowest BCUT2D eigenvalue weighted by Crippen LogP contribution is -2.94. The fourth-order valence-electron chi connectivity index (χ4n) is 4.90. The molecule has 2 saturated carbocycles. The molecule has 0 aromatic heterocycles. The van der Waals surface area contributed by atoms with Gasteiger partial charge in [0, 0.05) is 16.9 Å². The molecule has 0 heterocycles. The van der Waals surface area contributed by atoms with Crippen LogP contribution in [0.2, 0.25) is 5.02 Å². The van der Waals surface area contributed by atoms with Gasteiger partial charge in [0.15, 0.2) is 0 Å². The Morgan fingerprint density at radius 1 is 1.29 bits per heavy atom. The topological polar surface area (TPSA) is 46.1 Å². The molecule has 4 heteroatoms. The number of hydrogen-bond acceptors (Lipinski definition) is 2. The SMILES string of the molecule is CC1(C)[C@@H]2CC[C@@]1(C)[C@H]([NH2+]C[C@H](O)COCc1ccc(Cl)cc1)C2. The third kappa shape index (κ3) is 3.37. The summed E-state index contributed by atoms with van der Waals surface area (Å²) in [6.45, 7) is 8.95. The van der Waals surface area contributed by atoms with Gasteiger partial charge in [0.1, 0.15) is 12.6 Å². The Balaban J connectivity index is 1.40. The largest absolute Gasteiger partial charge is 0.385 e. The van der Waals surface area contributed by atoms with Crippen LogP contribution < -0.4 is 5.32 Å². The number of nitrogens with two attached hydrogens (primary N) is 1. The highest BCUT2D eigenvalue weighted by atomic mass is 35.5. The van der Waals surface area contributed by atoms with E-state index in [1.807, 2.05) is 24.3 Å². The van der Waals surface area contributed by atoms with Gasteiger partial charge in [-0.1, -0.05) is 44.5 Å². The Labute approximate surface area is 150 Å². The monoisotopic (exact) mass is 352 g/mol. The summed E-state index contributed by atoms with van der Waals surface area (Å²) in [7, 11) is 0. The van der Waals surface area contributed by atoms with Gasteiger partial charge in [0.25, 0.3) is 0 Å². The first kappa shape index (κ1) is 18.2.